The molecule has 0 radical (unpaired) electrons. The maximum atomic E-state index is 13.9. The molecule has 0 aliphatic heterocycles. The highest BCUT2D eigenvalue weighted by molar-refractivity contribution is 9.10. The number of carbonyl (C=O) groups excluding carboxylic acids is 2. The van der Waals surface area contributed by atoms with Crippen molar-refractivity contribution in [3.8, 4) is 5.75 Å². The second-order valence-electron chi connectivity index (χ2n) is 9.17. The Morgan fingerprint density at radius 3 is 2.31 bits per heavy atom. The van der Waals surface area contributed by atoms with Crippen LogP contribution in [0.25, 0.3) is 0 Å². The van der Waals surface area contributed by atoms with Crippen molar-refractivity contribution in [2.45, 2.75) is 50.7 Å². The summed E-state index contributed by atoms with van der Waals surface area (Å²) in [6.07, 6.45) is 0.733. The van der Waals surface area contributed by atoms with Crippen LogP contribution < -0.4 is 14.4 Å². The molecule has 2 atom stereocenters. The van der Waals surface area contributed by atoms with Crippen LogP contribution >= 0.6 is 15.9 Å². The lowest BCUT2D eigenvalue weighted by Gasteiger charge is -2.32. The van der Waals surface area contributed by atoms with Gasteiger partial charge in [-0.1, -0.05) is 59.3 Å². The Labute approximate surface area is 239 Å². The number of amides is 2. The van der Waals surface area contributed by atoms with E-state index in [0.717, 1.165) is 20.8 Å². The third-order valence-corrected chi connectivity index (χ3v) is 8.64. The van der Waals surface area contributed by atoms with E-state index < -0.39 is 28.5 Å². The van der Waals surface area contributed by atoms with E-state index in [9.17, 15) is 18.0 Å². The summed E-state index contributed by atoms with van der Waals surface area (Å²) in [7, 11) is -2.65. The summed E-state index contributed by atoms with van der Waals surface area (Å²) >= 11 is 3.45. The minimum atomic E-state index is -4.13. The third-order valence-electron chi connectivity index (χ3n) is 6.36. The molecule has 0 aliphatic rings. The van der Waals surface area contributed by atoms with E-state index in [4.69, 9.17) is 4.74 Å². The summed E-state index contributed by atoms with van der Waals surface area (Å²) in [5.41, 5.74) is 1.06. The second kappa shape index (κ2) is 13.6. The maximum Gasteiger partial charge on any atom is 0.264 e. The van der Waals surface area contributed by atoms with Gasteiger partial charge in [0.1, 0.15) is 18.3 Å². The number of sulfonamides is 1. The summed E-state index contributed by atoms with van der Waals surface area (Å²) in [5.74, 6) is -0.392. The smallest absolute Gasteiger partial charge is 0.264 e. The molecule has 0 saturated heterocycles. The predicted molar refractivity (Wildman–Crippen MR) is 156 cm³/mol. The van der Waals surface area contributed by atoms with Crippen LogP contribution in [0, 0.1) is 0 Å². The lowest BCUT2D eigenvalue weighted by Crippen LogP contribution is -2.52. The number of hydrogen-bond acceptors (Lipinski definition) is 5. The molecule has 1 N–H and O–H groups in total. The molecular weight excluding hydrogens is 582 g/mol. The van der Waals surface area contributed by atoms with Crippen LogP contribution in [0.15, 0.2) is 88.2 Å². The number of halogens is 1. The number of nitrogens with zero attached hydrogens (tertiary/aromatic N) is 2. The van der Waals surface area contributed by atoms with Crippen molar-refractivity contribution < 1.29 is 22.7 Å². The van der Waals surface area contributed by atoms with Gasteiger partial charge in [0, 0.05) is 23.1 Å². The van der Waals surface area contributed by atoms with E-state index >= 15 is 0 Å². The fourth-order valence-electron chi connectivity index (χ4n) is 3.89. The first-order valence-corrected chi connectivity index (χ1v) is 14.9. The van der Waals surface area contributed by atoms with Crippen molar-refractivity contribution >= 4 is 43.5 Å². The SMILES string of the molecule is CCC(C)NC(=O)C(C)N(Cc1cccc(Br)c1)C(=O)CN(c1cccc(OC)c1)S(=O)(=O)c1ccccc1. The highest BCUT2D eigenvalue weighted by Gasteiger charge is 2.33. The van der Waals surface area contributed by atoms with Crippen LogP contribution in [0.1, 0.15) is 32.8 Å². The Kier molecular flexibility index (Phi) is 10.5. The lowest BCUT2D eigenvalue weighted by molar-refractivity contribution is -0.139. The average molecular weight is 617 g/mol. The minimum Gasteiger partial charge on any atom is -0.497 e. The number of carbonyl (C=O) groups is 2. The van der Waals surface area contributed by atoms with Crippen LogP contribution in [-0.2, 0) is 26.2 Å². The number of methoxy groups -OCH3 is 1. The topological polar surface area (TPSA) is 96.0 Å². The van der Waals surface area contributed by atoms with E-state index in [2.05, 4.69) is 21.2 Å². The molecule has 0 bridgehead atoms. The van der Waals surface area contributed by atoms with E-state index in [0.29, 0.717) is 5.75 Å². The fourth-order valence-corrected chi connectivity index (χ4v) is 5.77. The van der Waals surface area contributed by atoms with Gasteiger partial charge in [-0.15, -0.1) is 0 Å². The van der Waals surface area contributed by atoms with E-state index in [1.54, 1.807) is 49.4 Å². The highest BCUT2D eigenvalue weighted by atomic mass is 79.9. The first-order valence-electron chi connectivity index (χ1n) is 12.6. The molecule has 0 spiro atoms. The number of benzene rings is 3. The Morgan fingerprint density at radius 1 is 0.974 bits per heavy atom. The third kappa shape index (κ3) is 7.83. The molecular formula is C29H34BrN3O5S. The molecule has 2 amide bonds. The molecule has 0 fully saturated rings. The summed E-state index contributed by atoms with van der Waals surface area (Å²) in [6.45, 7) is 5.10. The molecule has 3 aromatic carbocycles. The first-order chi connectivity index (χ1) is 18.6. The summed E-state index contributed by atoms with van der Waals surface area (Å²) in [6, 6.07) is 20.9. The molecule has 0 aliphatic carbocycles. The average Bonchev–Trinajstić information content (AvgIpc) is 2.94. The summed E-state index contributed by atoms with van der Waals surface area (Å²) in [5, 5.41) is 2.93. The van der Waals surface area contributed by atoms with Gasteiger partial charge in [-0.25, -0.2) is 8.42 Å². The van der Waals surface area contributed by atoms with E-state index in [1.807, 2.05) is 38.1 Å². The standard InChI is InChI=1S/C29H34BrN3O5S/c1-5-21(2)31-29(35)22(3)32(19-23-11-9-12-24(30)17-23)28(34)20-33(25-13-10-14-26(18-25)38-4)39(36,37)27-15-7-6-8-16-27/h6-18,21-22H,5,19-20H2,1-4H3,(H,31,35). The van der Waals surface area contributed by atoms with Crippen molar-refractivity contribution in [2.75, 3.05) is 18.0 Å². The molecule has 10 heteroatoms. The van der Waals surface area contributed by atoms with Crippen molar-refractivity contribution in [1.29, 1.82) is 0 Å². The molecule has 39 heavy (non-hydrogen) atoms. The van der Waals surface area contributed by atoms with Gasteiger partial charge in [-0.3, -0.25) is 13.9 Å². The quantitative estimate of drug-likeness (QED) is 0.310. The molecule has 8 nitrogen and oxygen atoms in total. The van der Waals surface area contributed by atoms with Crippen molar-refractivity contribution in [3.05, 3.63) is 88.9 Å². The molecule has 0 aromatic heterocycles. The molecule has 3 aromatic rings. The zero-order valence-corrected chi connectivity index (χ0v) is 24.9. The van der Waals surface area contributed by atoms with Gasteiger partial charge in [0.05, 0.1) is 17.7 Å². The van der Waals surface area contributed by atoms with Crippen LogP contribution in [0.5, 0.6) is 5.75 Å². The van der Waals surface area contributed by atoms with Gasteiger partial charge >= 0.3 is 0 Å². The van der Waals surface area contributed by atoms with Crippen LogP contribution in [-0.4, -0.2) is 50.9 Å². The van der Waals surface area contributed by atoms with Gasteiger partial charge in [0.25, 0.3) is 10.0 Å². The normalized spacial score (nSPS) is 12.7. The van der Waals surface area contributed by atoms with Gasteiger partial charge in [-0.05, 0) is 62.2 Å². The van der Waals surface area contributed by atoms with Gasteiger partial charge < -0.3 is 15.0 Å². The van der Waals surface area contributed by atoms with Crippen molar-refractivity contribution in [3.63, 3.8) is 0 Å². The zero-order valence-electron chi connectivity index (χ0n) is 22.5. The Hall–Kier alpha value is -3.37. The van der Waals surface area contributed by atoms with Gasteiger partial charge in [0.2, 0.25) is 11.8 Å². The van der Waals surface area contributed by atoms with Crippen LogP contribution in [0.3, 0.4) is 0 Å². The largest absolute Gasteiger partial charge is 0.497 e. The predicted octanol–water partition coefficient (Wildman–Crippen LogP) is 4.99. The van der Waals surface area contributed by atoms with Crippen molar-refractivity contribution in [1.82, 2.24) is 10.2 Å². The maximum absolute atomic E-state index is 13.9. The Balaban J connectivity index is 2.03. The summed E-state index contributed by atoms with van der Waals surface area (Å²) in [4.78, 5) is 28.5. The number of ether oxygens (including phenoxy) is 1. The Bertz CT molecular complexity index is 1380. The lowest BCUT2D eigenvalue weighted by atomic mass is 10.1. The van der Waals surface area contributed by atoms with Crippen LogP contribution in [0.2, 0.25) is 0 Å². The number of hydrogen-bond donors (Lipinski definition) is 1. The number of anilines is 1. The minimum absolute atomic E-state index is 0.0433. The van der Waals surface area contributed by atoms with E-state index in [1.165, 1.54) is 24.1 Å². The molecule has 0 heterocycles. The molecule has 2 unspecified atom stereocenters. The second-order valence-corrected chi connectivity index (χ2v) is 11.9. The zero-order chi connectivity index (χ0) is 28.6. The molecule has 0 saturated carbocycles. The fraction of sp³-hybridized carbons (Fsp3) is 0.310. The Morgan fingerprint density at radius 2 is 1.67 bits per heavy atom. The summed E-state index contributed by atoms with van der Waals surface area (Å²) < 4.78 is 34.8. The first kappa shape index (κ1) is 30.2. The molecule has 208 valence electrons. The van der Waals surface area contributed by atoms with Gasteiger partial charge in [-0.2, -0.15) is 0 Å². The number of rotatable bonds is 12. The van der Waals surface area contributed by atoms with E-state index in [-0.39, 0.29) is 29.1 Å². The van der Waals surface area contributed by atoms with Crippen LogP contribution in [0.4, 0.5) is 5.69 Å². The van der Waals surface area contributed by atoms with Gasteiger partial charge in [0.15, 0.2) is 0 Å². The highest BCUT2D eigenvalue weighted by Crippen LogP contribution is 2.27. The number of nitrogens with one attached hydrogen (secondary N) is 1. The van der Waals surface area contributed by atoms with Crippen molar-refractivity contribution in [2.24, 2.45) is 0 Å². The molecule has 3 rings (SSSR count). The monoisotopic (exact) mass is 615 g/mol.